The summed E-state index contributed by atoms with van der Waals surface area (Å²) in [4.78, 5) is 11.7. The topological polar surface area (TPSA) is 60.9 Å². The maximum absolute atomic E-state index is 13.8. The number of nitrogens with two attached hydrogens (primary N) is 1. The number of nitrogens with zero attached hydrogens (tertiary/aromatic N) is 2. The first-order valence-corrected chi connectivity index (χ1v) is 5.83. The maximum atomic E-state index is 13.8. The first kappa shape index (κ1) is 17.1. The molecule has 0 spiro atoms. The highest BCUT2D eigenvalue weighted by molar-refractivity contribution is 6.32. The average molecular weight is 362 g/mol. The van der Waals surface area contributed by atoms with Crippen LogP contribution in [0.25, 0.3) is 5.69 Å². The Morgan fingerprint density at radius 2 is 1.52 bits per heavy atom. The number of aromatic nitrogens is 2. The van der Waals surface area contributed by atoms with Crippen molar-refractivity contribution in [2.75, 3.05) is 5.73 Å². The molecule has 1 aromatic carbocycles. The van der Waals surface area contributed by atoms with Gasteiger partial charge in [-0.3, -0.25) is 4.79 Å². The van der Waals surface area contributed by atoms with Crippen molar-refractivity contribution >= 4 is 17.3 Å². The molecule has 0 aliphatic rings. The summed E-state index contributed by atoms with van der Waals surface area (Å²) in [6.45, 7) is 0. The Bertz CT molecular complexity index is 833. The van der Waals surface area contributed by atoms with Crippen molar-refractivity contribution in [2.24, 2.45) is 0 Å². The van der Waals surface area contributed by atoms with Crippen LogP contribution >= 0.6 is 11.6 Å². The largest absolute Gasteiger partial charge is 0.422 e. The number of halogens is 8. The van der Waals surface area contributed by atoms with Crippen molar-refractivity contribution in [2.45, 2.75) is 6.18 Å². The van der Waals surface area contributed by atoms with E-state index >= 15 is 0 Å². The Kier molecular flexibility index (Phi) is 4.01. The lowest BCUT2D eigenvalue weighted by Crippen LogP contribution is -2.27. The molecule has 0 aliphatic carbocycles. The highest BCUT2D eigenvalue weighted by Crippen LogP contribution is 2.37. The van der Waals surface area contributed by atoms with E-state index in [1.807, 2.05) is 0 Å². The number of alkyl halides is 3. The van der Waals surface area contributed by atoms with Crippen LogP contribution in [-0.4, -0.2) is 9.78 Å². The zero-order chi connectivity index (χ0) is 17.7. The second kappa shape index (κ2) is 5.41. The van der Waals surface area contributed by atoms with Crippen molar-refractivity contribution in [3.63, 3.8) is 0 Å². The predicted octanol–water partition coefficient (Wildman–Crippen LogP) is 3.04. The first-order valence-electron chi connectivity index (χ1n) is 5.45. The van der Waals surface area contributed by atoms with E-state index in [2.05, 4.69) is 5.10 Å². The minimum absolute atomic E-state index is 0.240. The quantitative estimate of drug-likeness (QED) is 0.627. The smallest absolute Gasteiger partial charge is 0.396 e. The fraction of sp³-hybridized carbons (Fsp3) is 0.0909. The molecular weight excluding hydrogens is 359 g/mol. The number of benzene rings is 1. The third-order valence-corrected chi connectivity index (χ3v) is 3.06. The van der Waals surface area contributed by atoms with Gasteiger partial charge in [-0.05, 0) is 0 Å². The van der Waals surface area contributed by atoms with Crippen LogP contribution in [-0.2, 0) is 6.18 Å². The lowest BCUT2D eigenvalue weighted by molar-refractivity contribution is -0.143. The van der Waals surface area contributed by atoms with Crippen LogP contribution < -0.4 is 11.3 Å². The van der Waals surface area contributed by atoms with Crippen LogP contribution in [0.2, 0.25) is 5.02 Å². The molecule has 0 fully saturated rings. The van der Waals surface area contributed by atoms with E-state index in [0.29, 0.717) is 6.20 Å². The summed E-state index contributed by atoms with van der Waals surface area (Å²) in [7, 11) is 0. The summed E-state index contributed by atoms with van der Waals surface area (Å²) >= 11 is 5.41. The molecule has 4 nitrogen and oxygen atoms in total. The molecule has 0 amide bonds. The first-order chi connectivity index (χ1) is 10.5. The van der Waals surface area contributed by atoms with E-state index in [9.17, 15) is 35.5 Å². The molecule has 23 heavy (non-hydrogen) atoms. The van der Waals surface area contributed by atoms with Gasteiger partial charge >= 0.3 is 6.18 Å². The lowest BCUT2D eigenvalue weighted by atomic mass is 10.1. The molecule has 0 saturated heterocycles. The Morgan fingerprint density at radius 1 is 1.04 bits per heavy atom. The van der Waals surface area contributed by atoms with Gasteiger partial charge in [-0.15, -0.1) is 0 Å². The average Bonchev–Trinajstić information content (AvgIpc) is 2.44. The normalized spacial score (nSPS) is 11.8. The summed E-state index contributed by atoms with van der Waals surface area (Å²) in [5, 5.41) is 2.31. The third kappa shape index (κ3) is 2.60. The lowest BCUT2D eigenvalue weighted by Gasteiger charge is -2.14. The third-order valence-electron chi connectivity index (χ3n) is 2.68. The van der Waals surface area contributed by atoms with Gasteiger partial charge in [-0.2, -0.15) is 23.0 Å². The number of hydrogen-bond donors (Lipinski definition) is 1. The monoisotopic (exact) mass is 361 g/mol. The van der Waals surface area contributed by atoms with E-state index in [4.69, 9.17) is 17.3 Å². The Labute approximate surface area is 126 Å². The van der Waals surface area contributed by atoms with Crippen LogP contribution in [0.5, 0.6) is 0 Å². The van der Waals surface area contributed by atoms with Crippen molar-refractivity contribution in [1.82, 2.24) is 9.78 Å². The summed E-state index contributed by atoms with van der Waals surface area (Å²) in [5.74, 6) is -10.4. The highest BCUT2D eigenvalue weighted by atomic mass is 35.5. The van der Waals surface area contributed by atoms with E-state index < -0.39 is 57.0 Å². The molecule has 2 rings (SSSR count). The predicted molar refractivity (Wildman–Crippen MR) is 64.1 cm³/mol. The molecule has 12 heteroatoms. The fourth-order valence-electron chi connectivity index (χ4n) is 1.66. The minimum atomic E-state index is -5.70. The van der Waals surface area contributed by atoms with Gasteiger partial charge in [-0.25, -0.2) is 17.6 Å². The second-order valence-electron chi connectivity index (χ2n) is 4.11. The van der Waals surface area contributed by atoms with Gasteiger partial charge < -0.3 is 5.73 Å². The van der Waals surface area contributed by atoms with E-state index in [1.165, 1.54) is 0 Å². The maximum Gasteiger partial charge on any atom is 0.422 e. The molecule has 0 atom stereocenters. The van der Waals surface area contributed by atoms with Gasteiger partial charge in [-0.1, -0.05) is 11.6 Å². The van der Waals surface area contributed by atoms with Crippen LogP contribution in [0.3, 0.4) is 0 Å². The molecular formula is C11H3ClF7N3O. The summed E-state index contributed by atoms with van der Waals surface area (Å²) < 4.78 is 91.7. The van der Waals surface area contributed by atoms with Crippen LogP contribution in [0.4, 0.5) is 36.4 Å². The molecule has 0 bridgehead atoms. The summed E-state index contributed by atoms with van der Waals surface area (Å²) in [6.07, 6.45) is -5.08. The molecule has 2 N–H and O–H groups in total. The van der Waals surface area contributed by atoms with Gasteiger partial charge in [0.1, 0.15) is 16.3 Å². The molecule has 2 aromatic rings. The van der Waals surface area contributed by atoms with Crippen molar-refractivity contribution in [3.05, 3.63) is 50.4 Å². The van der Waals surface area contributed by atoms with Gasteiger partial charge in [0.2, 0.25) is 0 Å². The molecule has 0 aliphatic heterocycles. The van der Waals surface area contributed by atoms with E-state index in [0.717, 1.165) is 0 Å². The van der Waals surface area contributed by atoms with E-state index in [1.54, 1.807) is 0 Å². The minimum Gasteiger partial charge on any atom is -0.396 e. The molecule has 1 heterocycles. The van der Waals surface area contributed by atoms with Gasteiger partial charge in [0.25, 0.3) is 5.56 Å². The Hall–Kier alpha value is -2.30. The van der Waals surface area contributed by atoms with Crippen LogP contribution in [0.15, 0.2) is 11.0 Å². The number of nitrogen functional groups attached to an aromatic ring is 1. The van der Waals surface area contributed by atoms with Crippen molar-refractivity contribution < 1.29 is 30.7 Å². The number of hydrogen-bond acceptors (Lipinski definition) is 3. The summed E-state index contributed by atoms with van der Waals surface area (Å²) in [6, 6.07) is 0. The summed E-state index contributed by atoms with van der Waals surface area (Å²) in [5.41, 5.74) is -1.27. The number of rotatable bonds is 1. The zero-order valence-corrected chi connectivity index (χ0v) is 11.2. The Balaban J connectivity index is 2.92. The van der Waals surface area contributed by atoms with Gasteiger partial charge in [0, 0.05) is 0 Å². The van der Waals surface area contributed by atoms with Gasteiger partial charge in [0.15, 0.2) is 23.3 Å². The second-order valence-corrected chi connectivity index (χ2v) is 4.49. The molecule has 0 radical (unpaired) electrons. The van der Waals surface area contributed by atoms with Gasteiger partial charge in [0.05, 0.1) is 11.9 Å². The molecule has 0 unspecified atom stereocenters. The highest BCUT2D eigenvalue weighted by Gasteiger charge is 2.43. The van der Waals surface area contributed by atoms with Crippen molar-refractivity contribution in [3.8, 4) is 5.69 Å². The molecule has 0 saturated carbocycles. The fourth-order valence-corrected chi connectivity index (χ4v) is 1.79. The molecule has 124 valence electrons. The van der Waals surface area contributed by atoms with Crippen LogP contribution in [0.1, 0.15) is 5.56 Å². The SMILES string of the molecule is Nc1cnn(-c2c(F)c(F)c(C(F)(F)F)c(F)c2F)c(=O)c1Cl. The van der Waals surface area contributed by atoms with Crippen LogP contribution in [0, 0.1) is 23.3 Å². The van der Waals surface area contributed by atoms with Crippen molar-refractivity contribution in [1.29, 1.82) is 0 Å². The standard InChI is InChI=1S/C11H3ClF7N3O/c12-4-2(20)1-21-22(10(4)23)9-7(15)5(13)3(11(17,18)19)6(14)8(9)16/h1H,20H2. The Morgan fingerprint density at radius 3 is 1.96 bits per heavy atom. The zero-order valence-electron chi connectivity index (χ0n) is 10.5. The number of anilines is 1. The van der Waals surface area contributed by atoms with E-state index in [-0.39, 0.29) is 4.68 Å². The molecule has 1 aromatic heterocycles.